The first-order valence-electron chi connectivity index (χ1n) is 12.2. The predicted octanol–water partition coefficient (Wildman–Crippen LogP) is 3.27. The molecule has 2 aliphatic heterocycles. The highest BCUT2D eigenvalue weighted by molar-refractivity contribution is 5.80. The Morgan fingerprint density at radius 2 is 1.85 bits per heavy atom. The number of carbonyl (C=O) groups is 1. The minimum Gasteiger partial charge on any atom is -0.372 e. The molecule has 1 saturated carbocycles. The second kappa shape index (κ2) is 8.24. The van der Waals surface area contributed by atoms with Crippen molar-refractivity contribution in [3.63, 3.8) is 0 Å². The number of rotatable bonds is 6. The first-order chi connectivity index (χ1) is 16.2. The molecule has 5 N–H and O–H groups in total. The van der Waals surface area contributed by atoms with Gasteiger partial charge in [-0.15, -0.1) is 0 Å². The van der Waals surface area contributed by atoms with Crippen LogP contribution in [0.2, 0.25) is 0 Å². The summed E-state index contributed by atoms with van der Waals surface area (Å²) in [6.07, 6.45) is 10.1. The first-order valence-corrected chi connectivity index (χ1v) is 12.2. The standard InChI is InChI=1S/C25H31N7O/c26-22(33)20-15-4-5-16(14-15)21(20)29-24-19-10-11-27-23(19)30-25(31-24)28-17-6-8-18(9-7-17)32-12-2-1-3-13-32/h4-9,15-16,20-21H,1-3,10-14H2,(H2,26,33)(H3,27,28,29,30,31). The average molecular weight is 446 g/mol. The lowest BCUT2D eigenvalue weighted by Crippen LogP contribution is -2.41. The number of anilines is 5. The minimum absolute atomic E-state index is 0.0197. The molecule has 0 spiro atoms. The molecule has 1 aromatic heterocycles. The minimum atomic E-state index is -0.236. The fraction of sp³-hybridized carbons (Fsp3) is 0.480. The Kier molecular flexibility index (Phi) is 5.08. The second-order valence-corrected chi connectivity index (χ2v) is 9.67. The number of fused-ring (bicyclic) bond motifs is 3. The van der Waals surface area contributed by atoms with Crippen LogP contribution in [0.3, 0.4) is 0 Å². The third kappa shape index (κ3) is 3.77. The van der Waals surface area contributed by atoms with Crippen molar-refractivity contribution in [2.45, 2.75) is 38.1 Å². The number of amides is 1. The van der Waals surface area contributed by atoms with E-state index in [0.717, 1.165) is 55.4 Å². The molecule has 4 atom stereocenters. The second-order valence-electron chi connectivity index (χ2n) is 9.67. The number of aromatic nitrogens is 2. The summed E-state index contributed by atoms with van der Waals surface area (Å²) in [4.78, 5) is 24.2. The van der Waals surface area contributed by atoms with Crippen molar-refractivity contribution >= 4 is 34.9 Å². The Balaban J connectivity index is 1.23. The molecule has 2 aliphatic carbocycles. The maximum absolute atomic E-state index is 12.2. The van der Waals surface area contributed by atoms with Gasteiger partial charge in [-0.1, -0.05) is 12.2 Å². The molecule has 8 nitrogen and oxygen atoms in total. The molecule has 2 fully saturated rings. The van der Waals surface area contributed by atoms with Crippen molar-refractivity contribution in [2.24, 2.45) is 23.5 Å². The summed E-state index contributed by atoms with van der Waals surface area (Å²) in [6.45, 7) is 3.10. The maximum Gasteiger partial charge on any atom is 0.231 e. The summed E-state index contributed by atoms with van der Waals surface area (Å²) >= 11 is 0. The molecule has 4 aliphatic rings. The van der Waals surface area contributed by atoms with E-state index in [9.17, 15) is 4.79 Å². The fourth-order valence-corrected chi connectivity index (χ4v) is 5.95. The van der Waals surface area contributed by atoms with E-state index in [-0.39, 0.29) is 23.8 Å². The summed E-state index contributed by atoms with van der Waals surface area (Å²) in [5.74, 6) is 2.31. The van der Waals surface area contributed by atoms with E-state index >= 15 is 0 Å². The van der Waals surface area contributed by atoms with Gasteiger partial charge >= 0.3 is 0 Å². The molecule has 2 aromatic rings. The summed E-state index contributed by atoms with van der Waals surface area (Å²) in [5.41, 5.74) is 9.07. The zero-order valence-electron chi connectivity index (χ0n) is 18.8. The smallest absolute Gasteiger partial charge is 0.231 e. The van der Waals surface area contributed by atoms with E-state index in [2.05, 4.69) is 57.3 Å². The molecule has 4 unspecified atom stereocenters. The summed E-state index contributed by atoms with van der Waals surface area (Å²) in [7, 11) is 0. The van der Waals surface area contributed by atoms with E-state index in [4.69, 9.17) is 15.7 Å². The molecule has 8 heteroatoms. The zero-order chi connectivity index (χ0) is 22.4. The van der Waals surface area contributed by atoms with Crippen LogP contribution in [-0.4, -0.2) is 41.6 Å². The lowest BCUT2D eigenvalue weighted by molar-refractivity contribution is -0.122. The number of benzene rings is 1. The van der Waals surface area contributed by atoms with Crippen molar-refractivity contribution in [1.29, 1.82) is 0 Å². The van der Waals surface area contributed by atoms with Gasteiger partial charge in [-0.2, -0.15) is 9.97 Å². The Hall–Kier alpha value is -3.29. The molecule has 2 bridgehead atoms. The molecule has 3 heterocycles. The van der Waals surface area contributed by atoms with Crippen LogP contribution in [0, 0.1) is 17.8 Å². The summed E-state index contributed by atoms with van der Waals surface area (Å²) in [6, 6.07) is 8.49. The fourth-order valence-electron chi connectivity index (χ4n) is 5.95. The third-order valence-electron chi connectivity index (χ3n) is 7.61. The highest BCUT2D eigenvalue weighted by Crippen LogP contribution is 2.45. The van der Waals surface area contributed by atoms with Crippen molar-refractivity contribution < 1.29 is 4.79 Å². The van der Waals surface area contributed by atoms with Gasteiger partial charge in [0.2, 0.25) is 11.9 Å². The van der Waals surface area contributed by atoms with Crippen LogP contribution in [0.25, 0.3) is 0 Å². The van der Waals surface area contributed by atoms with Gasteiger partial charge in [-0.25, -0.2) is 0 Å². The summed E-state index contributed by atoms with van der Waals surface area (Å²) in [5, 5.41) is 10.3. The molecule has 1 amide bonds. The van der Waals surface area contributed by atoms with E-state index in [0.29, 0.717) is 11.9 Å². The van der Waals surface area contributed by atoms with Crippen molar-refractivity contribution in [3.8, 4) is 0 Å². The Morgan fingerprint density at radius 3 is 2.64 bits per heavy atom. The number of hydrogen-bond donors (Lipinski definition) is 4. The zero-order valence-corrected chi connectivity index (χ0v) is 18.8. The first kappa shape index (κ1) is 20.3. The largest absolute Gasteiger partial charge is 0.372 e. The molecule has 1 saturated heterocycles. The Morgan fingerprint density at radius 1 is 1.06 bits per heavy atom. The number of nitrogens with one attached hydrogen (secondary N) is 3. The Bertz CT molecular complexity index is 1080. The van der Waals surface area contributed by atoms with Crippen LogP contribution in [0.4, 0.5) is 29.0 Å². The molecule has 33 heavy (non-hydrogen) atoms. The number of piperidine rings is 1. The average Bonchev–Trinajstić information content (AvgIpc) is 3.56. The highest BCUT2D eigenvalue weighted by atomic mass is 16.1. The van der Waals surface area contributed by atoms with Crippen LogP contribution in [0.1, 0.15) is 31.2 Å². The van der Waals surface area contributed by atoms with E-state index in [1.54, 1.807) is 0 Å². The van der Waals surface area contributed by atoms with Gasteiger partial charge in [0.15, 0.2) is 0 Å². The van der Waals surface area contributed by atoms with Gasteiger partial charge in [-0.3, -0.25) is 4.79 Å². The molecular formula is C25H31N7O. The number of nitrogens with zero attached hydrogens (tertiary/aromatic N) is 3. The quantitative estimate of drug-likeness (QED) is 0.506. The normalized spacial score (nSPS) is 27.3. The lowest BCUT2D eigenvalue weighted by atomic mass is 9.88. The topological polar surface area (TPSA) is 108 Å². The van der Waals surface area contributed by atoms with Gasteiger partial charge in [0.1, 0.15) is 11.6 Å². The van der Waals surface area contributed by atoms with E-state index in [1.807, 2.05) is 0 Å². The van der Waals surface area contributed by atoms with Gasteiger partial charge in [0.25, 0.3) is 0 Å². The van der Waals surface area contributed by atoms with Gasteiger partial charge in [0, 0.05) is 42.6 Å². The van der Waals surface area contributed by atoms with Gasteiger partial charge in [0.05, 0.1) is 5.92 Å². The number of hydrogen-bond acceptors (Lipinski definition) is 7. The molecule has 0 radical (unpaired) electrons. The van der Waals surface area contributed by atoms with Crippen LogP contribution in [0.5, 0.6) is 0 Å². The number of carbonyl (C=O) groups excluding carboxylic acids is 1. The van der Waals surface area contributed by atoms with E-state index in [1.165, 1.54) is 24.9 Å². The van der Waals surface area contributed by atoms with Crippen molar-refractivity contribution in [3.05, 3.63) is 42.0 Å². The van der Waals surface area contributed by atoms with Crippen molar-refractivity contribution in [2.75, 3.05) is 40.5 Å². The maximum atomic E-state index is 12.2. The molecule has 172 valence electrons. The third-order valence-corrected chi connectivity index (χ3v) is 7.61. The lowest BCUT2D eigenvalue weighted by Gasteiger charge is -2.29. The highest BCUT2D eigenvalue weighted by Gasteiger charge is 2.47. The van der Waals surface area contributed by atoms with Gasteiger partial charge in [-0.05, 0) is 68.2 Å². The van der Waals surface area contributed by atoms with Crippen LogP contribution in [-0.2, 0) is 11.2 Å². The van der Waals surface area contributed by atoms with E-state index < -0.39 is 0 Å². The van der Waals surface area contributed by atoms with Crippen LogP contribution >= 0.6 is 0 Å². The predicted molar refractivity (Wildman–Crippen MR) is 131 cm³/mol. The molecule has 6 rings (SSSR count). The molecule has 1 aromatic carbocycles. The number of allylic oxidation sites excluding steroid dienone is 1. The number of nitrogens with two attached hydrogens (primary N) is 1. The Labute approximate surface area is 194 Å². The van der Waals surface area contributed by atoms with Crippen LogP contribution in [0.15, 0.2) is 36.4 Å². The SMILES string of the molecule is NC(=O)C1C2C=CC(C2)C1Nc1nc(Nc2ccc(N3CCCCC3)cc2)nc2c1CCN2. The number of primary amides is 1. The monoisotopic (exact) mass is 445 g/mol. The van der Waals surface area contributed by atoms with Crippen LogP contribution < -0.4 is 26.6 Å². The van der Waals surface area contributed by atoms with Gasteiger partial charge < -0.3 is 26.6 Å². The van der Waals surface area contributed by atoms with Crippen molar-refractivity contribution in [1.82, 2.24) is 9.97 Å². The summed E-state index contributed by atoms with van der Waals surface area (Å²) < 4.78 is 0. The molecular weight excluding hydrogens is 414 g/mol.